The molecule has 1 N–H and O–H groups in total. The van der Waals surface area contributed by atoms with Crippen LogP contribution in [0, 0.1) is 5.82 Å². The lowest BCUT2D eigenvalue weighted by atomic mass is 9.95. The quantitative estimate of drug-likeness (QED) is 0.897. The molecule has 4 heteroatoms. The molecule has 98 valence electrons. The topological polar surface area (TPSA) is 38.3 Å². The third-order valence-corrected chi connectivity index (χ3v) is 3.35. The molecule has 1 fully saturated rings. The van der Waals surface area contributed by atoms with E-state index in [1.54, 1.807) is 0 Å². The van der Waals surface area contributed by atoms with Crippen LogP contribution in [-0.4, -0.2) is 19.1 Å². The Hall–Kier alpha value is -1.58. The maximum Gasteiger partial charge on any atom is 0.255 e. The molecular formula is C14H18FNO2. The molecule has 1 aliphatic rings. The maximum absolute atomic E-state index is 13.0. The van der Waals surface area contributed by atoms with Crippen molar-refractivity contribution in [3.8, 4) is 5.75 Å². The Balaban J connectivity index is 2.08. The average molecular weight is 251 g/mol. The Labute approximate surface area is 106 Å². The number of ether oxygens (including phenoxy) is 1. The predicted molar refractivity (Wildman–Crippen MR) is 67.3 cm³/mol. The molecule has 3 nitrogen and oxygen atoms in total. The van der Waals surface area contributed by atoms with Gasteiger partial charge in [-0.15, -0.1) is 0 Å². The van der Waals surface area contributed by atoms with Gasteiger partial charge in [0, 0.05) is 12.1 Å². The lowest BCUT2D eigenvalue weighted by molar-refractivity contribution is 0.0924. The highest BCUT2D eigenvalue weighted by atomic mass is 19.1. The van der Waals surface area contributed by atoms with Crippen molar-refractivity contribution >= 4 is 5.91 Å². The Kier molecular flexibility index (Phi) is 4.18. The summed E-state index contributed by atoms with van der Waals surface area (Å²) in [5.41, 5.74) is 0.393. The number of hydrogen-bond acceptors (Lipinski definition) is 2. The van der Waals surface area contributed by atoms with Gasteiger partial charge in [-0.25, -0.2) is 4.39 Å². The molecule has 0 heterocycles. The average Bonchev–Trinajstić information content (AvgIpc) is 2.39. The molecular weight excluding hydrogens is 233 g/mol. The number of carbonyl (C=O) groups excluding carboxylic acids is 1. The molecule has 0 aliphatic heterocycles. The minimum absolute atomic E-state index is 0.182. The second-order valence-electron chi connectivity index (χ2n) is 4.65. The van der Waals surface area contributed by atoms with Crippen LogP contribution < -0.4 is 10.1 Å². The highest BCUT2D eigenvalue weighted by molar-refractivity contribution is 5.97. The summed E-state index contributed by atoms with van der Waals surface area (Å²) in [5.74, 6) is -0.303. The lowest BCUT2D eigenvalue weighted by Crippen LogP contribution is -2.36. The minimum atomic E-state index is -0.402. The summed E-state index contributed by atoms with van der Waals surface area (Å²) < 4.78 is 18.1. The number of amides is 1. The molecule has 0 saturated heterocycles. The van der Waals surface area contributed by atoms with E-state index in [9.17, 15) is 9.18 Å². The van der Waals surface area contributed by atoms with E-state index in [-0.39, 0.29) is 17.7 Å². The Morgan fingerprint density at radius 1 is 1.33 bits per heavy atom. The summed E-state index contributed by atoms with van der Waals surface area (Å²) in [6.45, 7) is 0. The van der Waals surface area contributed by atoms with Crippen LogP contribution in [0.25, 0.3) is 0 Å². The zero-order chi connectivity index (χ0) is 13.0. The fourth-order valence-electron chi connectivity index (χ4n) is 2.36. The summed E-state index contributed by atoms with van der Waals surface area (Å²) in [6.07, 6.45) is 5.60. The number of rotatable bonds is 3. The number of hydrogen-bond donors (Lipinski definition) is 1. The van der Waals surface area contributed by atoms with Gasteiger partial charge in [0.15, 0.2) is 0 Å². The third-order valence-electron chi connectivity index (χ3n) is 3.35. The summed E-state index contributed by atoms with van der Waals surface area (Å²) in [5, 5.41) is 2.99. The van der Waals surface area contributed by atoms with Gasteiger partial charge < -0.3 is 10.1 Å². The first-order valence-corrected chi connectivity index (χ1v) is 6.35. The van der Waals surface area contributed by atoms with E-state index in [1.807, 2.05) is 0 Å². The Bertz CT molecular complexity index is 428. The van der Waals surface area contributed by atoms with E-state index in [0.717, 1.165) is 25.7 Å². The van der Waals surface area contributed by atoms with Gasteiger partial charge >= 0.3 is 0 Å². The zero-order valence-corrected chi connectivity index (χ0v) is 10.5. The van der Waals surface area contributed by atoms with Crippen molar-refractivity contribution in [1.29, 1.82) is 0 Å². The van der Waals surface area contributed by atoms with Crippen molar-refractivity contribution in [1.82, 2.24) is 5.32 Å². The molecule has 1 saturated carbocycles. The number of benzene rings is 1. The van der Waals surface area contributed by atoms with E-state index >= 15 is 0 Å². The van der Waals surface area contributed by atoms with Crippen molar-refractivity contribution < 1.29 is 13.9 Å². The summed E-state index contributed by atoms with van der Waals surface area (Å²) in [4.78, 5) is 12.1. The molecule has 0 spiro atoms. The van der Waals surface area contributed by atoms with Gasteiger partial charge in [-0.2, -0.15) is 0 Å². The van der Waals surface area contributed by atoms with Crippen LogP contribution in [0.1, 0.15) is 42.5 Å². The third kappa shape index (κ3) is 3.00. The van der Waals surface area contributed by atoms with E-state index < -0.39 is 5.82 Å². The van der Waals surface area contributed by atoms with Gasteiger partial charge in [-0.05, 0) is 25.0 Å². The van der Waals surface area contributed by atoms with Crippen molar-refractivity contribution in [3.63, 3.8) is 0 Å². The number of methoxy groups -OCH3 is 1. The standard InChI is InChI=1S/C14H18FNO2/c1-18-13-9-10(15)7-8-12(13)14(17)16-11-5-3-2-4-6-11/h7-9,11H,2-6H2,1H3,(H,16,17). The minimum Gasteiger partial charge on any atom is -0.496 e. The van der Waals surface area contributed by atoms with Gasteiger partial charge in [0.1, 0.15) is 11.6 Å². The first-order chi connectivity index (χ1) is 8.70. The van der Waals surface area contributed by atoms with Crippen LogP contribution in [0.5, 0.6) is 5.75 Å². The molecule has 0 unspecified atom stereocenters. The van der Waals surface area contributed by atoms with Gasteiger partial charge in [0.2, 0.25) is 0 Å². The SMILES string of the molecule is COc1cc(F)ccc1C(=O)NC1CCCCC1. The van der Waals surface area contributed by atoms with Crippen molar-refractivity contribution in [2.75, 3.05) is 7.11 Å². The van der Waals surface area contributed by atoms with Crippen molar-refractivity contribution in [2.24, 2.45) is 0 Å². The van der Waals surface area contributed by atoms with Gasteiger partial charge in [0.05, 0.1) is 12.7 Å². The summed E-state index contributed by atoms with van der Waals surface area (Å²) in [6, 6.07) is 4.21. The van der Waals surface area contributed by atoms with Crippen LogP contribution in [0.4, 0.5) is 4.39 Å². The molecule has 0 radical (unpaired) electrons. The molecule has 2 rings (SSSR count). The van der Waals surface area contributed by atoms with Crippen LogP contribution in [0.3, 0.4) is 0 Å². The first-order valence-electron chi connectivity index (χ1n) is 6.35. The molecule has 18 heavy (non-hydrogen) atoms. The molecule has 0 atom stereocenters. The lowest BCUT2D eigenvalue weighted by Gasteiger charge is -2.23. The molecule has 1 amide bonds. The van der Waals surface area contributed by atoms with E-state index in [0.29, 0.717) is 5.56 Å². The Morgan fingerprint density at radius 2 is 2.06 bits per heavy atom. The highest BCUT2D eigenvalue weighted by Crippen LogP contribution is 2.21. The van der Waals surface area contributed by atoms with E-state index in [1.165, 1.54) is 31.7 Å². The van der Waals surface area contributed by atoms with Crippen molar-refractivity contribution in [2.45, 2.75) is 38.1 Å². The maximum atomic E-state index is 13.0. The Morgan fingerprint density at radius 3 is 2.72 bits per heavy atom. The fraction of sp³-hybridized carbons (Fsp3) is 0.500. The largest absolute Gasteiger partial charge is 0.496 e. The van der Waals surface area contributed by atoms with Gasteiger partial charge in [0.25, 0.3) is 5.91 Å². The second kappa shape index (κ2) is 5.85. The molecule has 0 bridgehead atoms. The molecule has 1 aromatic carbocycles. The molecule has 0 aromatic heterocycles. The van der Waals surface area contributed by atoms with Crippen LogP contribution in [0.2, 0.25) is 0 Å². The van der Waals surface area contributed by atoms with Crippen LogP contribution >= 0.6 is 0 Å². The molecule has 1 aromatic rings. The smallest absolute Gasteiger partial charge is 0.255 e. The van der Waals surface area contributed by atoms with Crippen molar-refractivity contribution in [3.05, 3.63) is 29.6 Å². The van der Waals surface area contributed by atoms with Crippen LogP contribution in [0.15, 0.2) is 18.2 Å². The predicted octanol–water partition coefficient (Wildman–Crippen LogP) is 2.90. The number of halogens is 1. The first kappa shape index (κ1) is 12.9. The van der Waals surface area contributed by atoms with Crippen LogP contribution in [-0.2, 0) is 0 Å². The van der Waals surface area contributed by atoms with E-state index in [4.69, 9.17) is 4.74 Å². The fourth-order valence-corrected chi connectivity index (χ4v) is 2.36. The zero-order valence-electron chi connectivity index (χ0n) is 10.5. The monoisotopic (exact) mass is 251 g/mol. The summed E-state index contributed by atoms with van der Waals surface area (Å²) in [7, 11) is 1.44. The number of nitrogens with one attached hydrogen (secondary N) is 1. The van der Waals surface area contributed by atoms with Gasteiger partial charge in [-0.3, -0.25) is 4.79 Å². The highest BCUT2D eigenvalue weighted by Gasteiger charge is 2.19. The summed E-state index contributed by atoms with van der Waals surface area (Å²) >= 11 is 0. The molecule has 1 aliphatic carbocycles. The number of carbonyl (C=O) groups is 1. The second-order valence-corrected chi connectivity index (χ2v) is 4.65. The van der Waals surface area contributed by atoms with Gasteiger partial charge in [-0.1, -0.05) is 19.3 Å². The normalized spacial score (nSPS) is 16.3. The van der Waals surface area contributed by atoms with E-state index in [2.05, 4.69) is 5.32 Å².